The van der Waals surface area contributed by atoms with Crippen molar-refractivity contribution in [2.45, 2.75) is 25.9 Å². The molecule has 0 aromatic heterocycles. The topological polar surface area (TPSA) is 47.9 Å². The summed E-state index contributed by atoms with van der Waals surface area (Å²) in [7, 11) is 2.74. The van der Waals surface area contributed by atoms with Crippen molar-refractivity contribution in [1.29, 1.82) is 0 Å². The molecule has 0 bridgehead atoms. The van der Waals surface area contributed by atoms with Crippen LogP contribution in [0.5, 0.6) is 0 Å². The number of nitrogens with zero attached hydrogens (tertiary/aromatic N) is 3. The minimum atomic E-state index is -4.38. The molecule has 0 aromatic rings. The van der Waals surface area contributed by atoms with E-state index >= 15 is 0 Å². The molecule has 1 atom stereocenters. The fraction of sp³-hybridized carbons (Fsp3) is 0.846. The van der Waals surface area contributed by atoms with Crippen molar-refractivity contribution in [2.24, 2.45) is 10.9 Å². The van der Waals surface area contributed by atoms with Gasteiger partial charge < -0.3 is 15.1 Å². The number of piperidine rings is 1. The zero-order valence-corrected chi connectivity index (χ0v) is 15.4. The van der Waals surface area contributed by atoms with Crippen LogP contribution in [0, 0.1) is 5.92 Å². The first-order valence-electron chi connectivity index (χ1n) is 6.99. The summed E-state index contributed by atoms with van der Waals surface area (Å²) in [5, 5.41) is 2.84. The smallest absolute Gasteiger partial charge is 0.347 e. The highest BCUT2D eigenvalue weighted by molar-refractivity contribution is 14.0. The lowest BCUT2D eigenvalue weighted by molar-refractivity contribution is -0.157. The van der Waals surface area contributed by atoms with Crippen LogP contribution < -0.4 is 5.32 Å². The van der Waals surface area contributed by atoms with Gasteiger partial charge in [-0.2, -0.15) is 13.2 Å². The molecule has 9 heteroatoms. The van der Waals surface area contributed by atoms with E-state index in [4.69, 9.17) is 0 Å². The van der Waals surface area contributed by atoms with Gasteiger partial charge in [0.2, 0.25) is 5.91 Å². The van der Waals surface area contributed by atoms with E-state index in [1.807, 2.05) is 4.90 Å². The van der Waals surface area contributed by atoms with Crippen LogP contribution in [0.3, 0.4) is 0 Å². The zero-order valence-electron chi connectivity index (χ0n) is 13.1. The van der Waals surface area contributed by atoms with E-state index in [9.17, 15) is 18.0 Å². The number of amides is 1. The highest BCUT2D eigenvalue weighted by atomic mass is 127. The predicted molar refractivity (Wildman–Crippen MR) is 90.4 cm³/mol. The molecular weight excluding hydrogens is 412 g/mol. The third-order valence-corrected chi connectivity index (χ3v) is 3.41. The Bertz CT molecular complexity index is 390. The molecule has 1 heterocycles. The number of likely N-dealkylation sites (tertiary alicyclic amines) is 1. The van der Waals surface area contributed by atoms with E-state index in [2.05, 4.69) is 17.2 Å². The molecule has 1 unspecified atom stereocenters. The second kappa shape index (κ2) is 9.41. The molecule has 0 aromatic carbocycles. The van der Waals surface area contributed by atoms with E-state index in [0.29, 0.717) is 16.8 Å². The molecule has 0 saturated carbocycles. The molecule has 0 aliphatic carbocycles. The van der Waals surface area contributed by atoms with Crippen LogP contribution in [0.4, 0.5) is 13.2 Å². The highest BCUT2D eigenvalue weighted by Gasteiger charge is 2.31. The van der Waals surface area contributed by atoms with Gasteiger partial charge in [0.15, 0.2) is 5.96 Å². The number of hydrogen-bond donors (Lipinski definition) is 1. The number of nitrogens with one attached hydrogen (secondary N) is 1. The van der Waals surface area contributed by atoms with Gasteiger partial charge in [-0.15, -0.1) is 24.0 Å². The second-order valence-corrected chi connectivity index (χ2v) is 5.46. The molecule has 0 radical (unpaired) electrons. The van der Waals surface area contributed by atoms with Crippen LogP contribution in [0.15, 0.2) is 4.99 Å². The number of alkyl halides is 3. The molecule has 1 aliphatic heterocycles. The van der Waals surface area contributed by atoms with E-state index in [-0.39, 0.29) is 30.5 Å². The Morgan fingerprint density at radius 1 is 1.45 bits per heavy atom. The minimum Gasteiger partial charge on any atom is -0.347 e. The van der Waals surface area contributed by atoms with Crippen LogP contribution in [0.1, 0.15) is 19.8 Å². The van der Waals surface area contributed by atoms with Crippen LogP contribution in [-0.4, -0.2) is 68.1 Å². The third kappa shape index (κ3) is 7.50. The molecule has 5 nitrogen and oxygen atoms in total. The van der Waals surface area contributed by atoms with Crippen molar-refractivity contribution in [3.63, 3.8) is 0 Å². The Morgan fingerprint density at radius 2 is 2.09 bits per heavy atom. The van der Waals surface area contributed by atoms with E-state index < -0.39 is 18.6 Å². The lowest BCUT2D eigenvalue weighted by atomic mass is 10.0. The normalized spacial score (nSPS) is 19.5. The molecule has 1 rings (SSSR count). The lowest BCUT2D eigenvalue weighted by Crippen LogP contribution is -2.49. The summed E-state index contributed by atoms with van der Waals surface area (Å²) >= 11 is 0. The Kier molecular flexibility index (Phi) is 9.09. The van der Waals surface area contributed by atoms with Gasteiger partial charge in [0.05, 0.1) is 6.54 Å². The molecule has 1 saturated heterocycles. The molecule has 1 N–H and O–H groups in total. The molecule has 1 amide bonds. The average molecular weight is 436 g/mol. The maximum atomic E-state index is 12.2. The molecule has 1 fully saturated rings. The second-order valence-electron chi connectivity index (χ2n) is 5.46. The van der Waals surface area contributed by atoms with Crippen molar-refractivity contribution in [3.8, 4) is 0 Å². The SMILES string of the molecule is CN=C(NCC(=O)N(C)CC(F)(F)F)N1CCCC(C)C1.I. The quantitative estimate of drug-likeness (QED) is 0.418. The fourth-order valence-electron chi connectivity index (χ4n) is 2.36. The number of halogens is 4. The van der Waals surface area contributed by atoms with Crippen molar-refractivity contribution >= 4 is 35.8 Å². The Labute approximate surface area is 146 Å². The lowest BCUT2D eigenvalue weighted by Gasteiger charge is -2.33. The summed E-state index contributed by atoms with van der Waals surface area (Å²) in [4.78, 5) is 18.5. The monoisotopic (exact) mass is 436 g/mol. The summed E-state index contributed by atoms with van der Waals surface area (Å²) in [6.07, 6.45) is -2.18. The standard InChI is InChI=1S/C13H23F3N4O.HI/c1-10-5-4-6-20(8-10)12(17-2)18-7-11(21)19(3)9-13(14,15)16;/h10H,4-9H2,1-3H3,(H,17,18);1H. The summed E-state index contributed by atoms with van der Waals surface area (Å²) in [5.41, 5.74) is 0. The van der Waals surface area contributed by atoms with Gasteiger partial charge in [0, 0.05) is 27.2 Å². The molecule has 1 aliphatic rings. The number of rotatable bonds is 3. The Morgan fingerprint density at radius 3 is 2.59 bits per heavy atom. The molecular formula is C13H24F3IN4O. The van der Waals surface area contributed by atoms with Gasteiger partial charge in [-0.05, 0) is 18.8 Å². The van der Waals surface area contributed by atoms with Crippen LogP contribution in [0.25, 0.3) is 0 Å². The summed E-state index contributed by atoms with van der Waals surface area (Å²) in [6.45, 7) is 2.39. The van der Waals surface area contributed by atoms with Gasteiger partial charge in [-0.3, -0.25) is 9.79 Å². The number of guanidine groups is 1. The van der Waals surface area contributed by atoms with Crippen molar-refractivity contribution in [3.05, 3.63) is 0 Å². The third-order valence-electron chi connectivity index (χ3n) is 3.41. The number of hydrogen-bond acceptors (Lipinski definition) is 2. The number of aliphatic imine (C=N–C) groups is 1. The first-order valence-corrected chi connectivity index (χ1v) is 6.99. The van der Waals surface area contributed by atoms with Gasteiger partial charge in [0.25, 0.3) is 0 Å². The number of likely N-dealkylation sites (N-methyl/N-ethyl adjacent to an activating group) is 1. The van der Waals surface area contributed by atoms with Gasteiger partial charge in [0.1, 0.15) is 6.54 Å². The highest BCUT2D eigenvalue weighted by Crippen LogP contribution is 2.16. The van der Waals surface area contributed by atoms with E-state index in [1.54, 1.807) is 7.05 Å². The minimum absolute atomic E-state index is 0. The first-order chi connectivity index (χ1) is 9.73. The largest absolute Gasteiger partial charge is 0.406 e. The van der Waals surface area contributed by atoms with E-state index in [0.717, 1.165) is 33.0 Å². The van der Waals surface area contributed by atoms with Crippen molar-refractivity contribution in [1.82, 2.24) is 15.1 Å². The van der Waals surface area contributed by atoms with Crippen LogP contribution in [0.2, 0.25) is 0 Å². The molecule has 0 spiro atoms. The molecule has 130 valence electrons. The maximum absolute atomic E-state index is 12.2. The zero-order chi connectivity index (χ0) is 16.0. The first kappa shape index (κ1) is 21.3. The van der Waals surface area contributed by atoms with Gasteiger partial charge in [-0.1, -0.05) is 6.92 Å². The molecule has 22 heavy (non-hydrogen) atoms. The number of carbonyl (C=O) groups excluding carboxylic acids is 1. The predicted octanol–water partition coefficient (Wildman–Crippen LogP) is 1.93. The summed E-state index contributed by atoms with van der Waals surface area (Å²) < 4.78 is 36.7. The maximum Gasteiger partial charge on any atom is 0.406 e. The van der Waals surface area contributed by atoms with Crippen LogP contribution >= 0.6 is 24.0 Å². The Balaban J connectivity index is 0.00000441. The van der Waals surface area contributed by atoms with Crippen molar-refractivity contribution in [2.75, 3.05) is 40.3 Å². The average Bonchev–Trinajstić information content (AvgIpc) is 2.37. The van der Waals surface area contributed by atoms with Crippen molar-refractivity contribution < 1.29 is 18.0 Å². The van der Waals surface area contributed by atoms with Crippen LogP contribution in [-0.2, 0) is 4.79 Å². The Hall–Kier alpha value is -0.740. The van der Waals surface area contributed by atoms with E-state index in [1.165, 1.54) is 0 Å². The fourth-order valence-corrected chi connectivity index (χ4v) is 2.36. The van der Waals surface area contributed by atoms with Gasteiger partial charge >= 0.3 is 6.18 Å². The van der Waals surface area contributed by atoms with Gasteiger partial charge in [-0.25, -0.2) is 0 Å². The number of carbonyl (C=O) groups is 1. The summed E-state index contributed by atoms with van der Waals surface area (Å²) in [6, 6.07) is 0. The summed E-state index contributed by atoms with van der Waals surface area (Å²) in [5.74, 6) is 0.495.